The molecule has 1 atom stereocenters. The fourth-order valence-corrected chi connectivity index (χ4v) is 2.54. The molecule has 0 aliphatic carbocycles. The van der Waals surface area contributed by atoms with E-state index in [9.17, 15) is 9.59 Å². The Labute approximate surface area is 149 Å². The number of hydrogen-bond donors (Lipinski definition) is 1. The Morgan fingerprint density at radius 3 is 2.44 bits per heavy atom. The van der Waals surface area contributed by atoms with Gasteiger partial charge in [0.05, 0.1) is 13.2 Å². The molecule has 1 N–H and O–H groups in total. The number of carbonyl (C=O) groups excluding carboxylic acids is 2. The summed E-state index contributed by atoms with van der Waals surface area (Å²) in [4.78, 5) is 24.7. The van der Waals surface area contributed by atoms with Crippen molar-refractivity contribution in [3.05, 3.63) is 23.8 Å². The number of esters is 1. The number of rotatable bonds is 9. The van der Waals surface area contributed by atoms with Gasteiger partial charge >= 0.3 is 5.97 Å². The SMILES string of the molecule is CCCC(C)(OCC)C(=O)Nc1ccc(OC(C)C)c(C(=O)OC)c1. The molecule has 0 heterocycles. The van der Waals surface area contributed by atoms with Gasteiger partial charge in [-0.2, -0.15) is 0 Å². The minimum absolute atomic E-state index is 0.0883. The molecular weight excluding hydrogens is 322 g/mol. The van der Waals surface area contributed by atoms with Gasteiger partial charge in [-0.15, -0.1) is 0 Å². The number of nitrogens with one attached hydrogen (secondary N) is 1. The maximum atomic E-state index is 12.6. The van der Waals surface area contributed by atoms with Gasteiger partial charge in [0.1, 0.15) is 16.9 Å². The minimum Gasteiger partial charge on any atom is -0.490 e. The number of carbonyl (C=O) groups is 2. The highest BCUT2D eigenvalue weighted by Gasteiger charge is 2.33. The van der Waals surface area contributed by atoms with Gasteiger partial charge in [0.2, 0.25) is 0 Å². The average Bonchev–Trinajstić information content (AvgIpc) is 2.55. The molecule has 1 amide bonds. The van der Waals surface area contributed by atoms with Crippen LogP contribution in [-0.4, -0.2) is 37.3 Å². The summed E-state index contributed by atoms with van der Waals surface area (Å²) in [5, 5.41) is 2.82. The number of benzene rings is 1. The van der Waals surface area contributed by atoms with Crippen LogP contribution >= 0.6 is 0 Å². The average molecular weight is 351 g/mol. The molecule has 1 aromatic carbocycles. The van der Waals surface area contributed by atoms with E-state index >= 15 is 0 Å². The number of anilines is 1. The molecule has 1 rings (SSSR count). The zero-order valence-corrected chi connectivity index (χ0v) is 16.0. The summed E-state index contributed by atoms with van der Waals surface area (Å²) in [5.41, 5.74) is -0.159. The standard InChI is InChI=1S/C19H29NO5/c1-7-11-19(5,24-8-2)18(22)20-14-9-10-16(25-13(3)4)15(12-14)17(21)23-6/h9-10,12-13H,7-8,11H2,1-6H3,(H,20,22). The van der Waals surface area contributed by atoms with Gasteiger partial charge in [0.25, 0.3) is 5.91 Å². The van der Waals surface area contributed by atoms with E-state index in [0.717, 1.165) is 6.42 Å². The summed E-state index contributed by atoms with van der Waals surface area (Å²) >= 11 is 0. The molecule has 25 heavy (non-hydrogen) atoms. The largest absolute Gasteiger partial charge is 0.490 e. The highest BCUT2D eigenvalue weighted by Crippen LogP contribution is 2.26. The first-order valence-electron chi connectivity index (χ1n) is 8.61. The highest BCUT2D eigenvalue weighted by atomic mass is 16.5. The second-order valence-electron chi connectivity index (χ2n) is 6.24. The van der Waals surface area contributed by atoms with Crippen LogP contribution in [0.3, 0.4) is 0 Å². The Morgan fingerprint density at radius 1 is 1.24 bits per heavy atom. The Kier molecular flexibility index (Phi) is 7.90. The Morgan fingerprint density at radius 2 is 1.92 bits per heavy atom. The van der Waals surface area contributed by atoms with Crippen molar-refractivity contribution in [2.45, 2.75) is 59.2 Å². The highest BCUT2D eigenvalue weighted by molar-refractivity contribution is 5.99. The number of hydrogen-bond acceptors (Lipinski definition) is 5. The van der Waals surface area contributed by atoms with Crippen molar-refractivity contribution < 1.29 is 23.8 Å². The molecule has 6 heteroatoms. The van der Waals surface area contributed by atoms with Gasteiger partial charge < -0.3 is 19.5 Å². The smallest absolute Gasteiger partial charge is 0.341 e. The molecule has 0 aliphatic heterocycles. The molecule has 0 spiro atoms. The molecule has 6 nitrogen and oxygen atoms in total. The molecule has 0 aliphatic rings. The van der Waals surface area contributed by atoms with E-state index < -0.39 is 11.6 Å². The summed E-state index contributed by atoms with van der Waals surface area (Å²) in [7, 11) is 1.31. The number of methoxy groups -OCH3 is 1. The first-order valence-corrected chi connectivity index (χ1v) is 8.61. The second kappa shape index (κ2) is 9.42. The Balaban J connectivity index is 3.09. The van der Waals surface area contributed by atoms with E-state index in [1.54, 1.807) is 25.1 Å². The van der Waals surface area contributed by atoms with Crippen molar-refractivity contribution >= 4 is 17.6 Å². The monoisotopic (exact) mass is 351 g/mol. The lowest BCUT2D eigenvalue weighted by molar-refractivity contribution is -0.139. The van der Waals surface area contributed by atoms with Crippen molar-refractivity contribution in [3.8, 4) is 5.75 Å². The predicted molar refractivity (Wildman–Crippen MR) is 97.1 cm³/mol. The lowest BCUT2D eigenvalue weighted by Crippen LogP contribution is -2.42. The van der Waals surface area contributed by atoms with Crippen LogP contribution in [0.4, 0.5) is 5.69 Å². The first-order chi connectivity index (χ1) is 11.8. The van der Waals surface area contributed by atoms with Crippen molar-refractivity contribution in [2.75, 3.05) is 19.0 Å². The number of ether oxygens (including phenoxy) is 3. The Hall–Kier alpha value is -2.08. The third-order valence-electron chi connectivity index (χ3n) is 3.68. The number of amides is 1. The fraction of sp³-hybridized carbons (Fsp3) is 0.579. The first kappa shape index (κ1) is 21.0. The van der Waals surface area contributed by atoms with Crippen molar-refractivity contribution in [3.63, 3.8) is 0 Å². The van der Waals surface area contributed by atoms with Gasteiger partial charge in [-0.3, -0.25) is 4.79 Å². The van der Waals surface area contributed by atoms with Gasteiger partial charge in [-0.1, -0.05) is 13.3 Å². The molecule has 0 bridgehead atoms. The molecule has 0 radical (unpaired) electrons. The van der Waals surface area contributed by atoms with E-state index in [-0.39, 0.29) is 17.6 Å². The van der Waals surface area contributed by atoms with E-state index in [1.165, 1.54) is 7.11 Å². The maximum absolute atomic E-state index is 12.6. The minimum atomic E-state index is -0.915. The normalized spacial score (nSPS) is 13.2. The van der Waals surface area contributed by atoms with Crippen LogP contribution < -0.4 is 10.1 Å². The van der Waals surface area contributed by atoms with Crippen LogP contribution in [0.5, 0.6) is 5.75 Å². The van der Waals surface area contributed by atoms with Gasteiger partial charge in [-0.05, 0) is 52.3 Å². The lowest BCUT2D eigenvalue weighted by atomic mass is 9.99. The predicted octanol–water partition coefficient (Wildman–Crippen LogP) is 3.79. The molecule has 0 saturated heterocycles. The van der Waals surface area contributed by atoms with Crippen molar-refractivity contribution in [1.29, 1.82) is 0 Å². The third kappa shape index (κ3) is 5.74. The fourth-order valence-electron chi connectivity index (χ4n) is 2.54. The topological polar surface area (TPSA) is 73.9 Å². The van der Waals surface area contributed by atoms with E-state index in [4.69, 9.17) is 14.2 Å². The molecule has 0 aromatic heterocycles. The second-order valence-corrected chi connectivity index (χ2v) is 6.24. The van der Waals surface area contributed by atoms with Crippen LogP contribution in [0.25, 0.3) is 0 Å². The summed E-state index contributed by atoms with van der Waals surface area (Å²) in [5.74, 6) is -0.349. The van der Waals surface area contributed by atoms with Gasteiger partial charge in [0, 0.05) is 12.3 Å². The third-order valence-corrected chi connectivity index (χ3v) is 3.68. The molecule has 0 saturated carbocycles. The van der Waals surface area contributed by atoms with E-state index in [1.807, 2.05) is 27.7 Å². The van der Waals surface area contributed by atoms with Crippen molar-refractivity contribution in [1.82, 2.24) is 0 Å². The van der Waals surface area contributed by atoms with Crippen LogP contribution in [-0.2, 0) is 14.3 Å². The van der Waals surface area contributed by atoms with E-state index in [0.29, 0.717) is 24.5 Å². The zero-order chi connectivity index (χ0) is 19.0. The van der Waals surface area contributed by atoms with Crippen LogP contribution in [0.1, 0.15) is 57.8 Å². The molecule has 1 aromatic rings. The summed E-state index contributed by atoms with van der Waals surface area (Å²) in [6, 6.07) is 4.90. The summed E-state index contributed by atoms with van der Waals surface area (Å²) < 4.78 is 16.1. The molecule has 0 fully saturated rings. The van der Waals surface area contributed by atoms with Crippen LogP contribution in [0.2, 0.25) is 0 Å². The summed E-state index contributed by atoms with van der Waals surface area (Å²) in [6.45, 7) is 9.81. The van der Waals surface area contributed by atoms with E-state index in [2.05, 4.69) is 5.32 Å². The zero-order valence-electron chi connectivity index (χ0n) is 16.0. The molecule has 1 unspecified atom stereocenters. The maximum Gasteiger partial charge on any atom is 0.341 e. The van der Waals surface area contributed by atoms with Crippen molar-refractivity contribution in [2.24, 2.45) is 0 Å². The quantitative estimate of drug-likeness (QED) is 0.685. The molecular formula is C19H29NO5. The van der Waals surface area contributed by atoms with Crippen LogP contribution in [0, 0.1) is 0 Å². The summed E-state index contributed by atoms with van der Waals surface area (Å²) in [6.07, 6.45) is 1.33. The Bertz CT molecular complexity index is 591. The lowest BCUT2D eigenvalue weighted by Gasteiger charge is -2.28. The van der Waals surface area contributed by atoms with Gasteiger partial charge in [0.15, 0.2) is 0 Å². The van der Waals surface area contributed by atoms with Gasteiger partial charge in [-0.25, -0.2) is 4.79 Å². The molecule has 140 valence electrons. The van der Waals surface area contributed by atoms with Crippen LogP contribution in [0.15, 0.2) is 18.2 Å².